The van der Waals surface area contributed by atoms with E-state index in [0.29, 0.717) is 12.6 Å². The highest BCUT2D eigenvalue weighted by molar-refractivity contribution is 5.28. The fourth-order valence-electron chi connectivity index (χ4n) is 3.77. The highest BCUT2D eigenvalue weighted by Gasteiger charge is 2.31. The average molecular weight is 309 g/mol. The summed E-state index contributed by atoms with van der Waals surface area (Å²) in [5.41, 5.74) is 5.26. The summed E-state index contributed by atoms with van der Waals surface area (Å²) in [6.07, 6.45) is 2.60. The highest BCUT2D eigenvalue weighted by Crippen LogP contribution is 2.32. The van der Waals surface area contributed by atoms with Gasteiger partial charge in [0.05, 0.1) is 18.8 Å². The number of likely N-dealkylation sites (tertiary alicyclic amines) is 1. The van der Waals surface area contributed by atoms with Crippen molar-refractivity contribution >= 4 is 0 Å². The van der Waals surface area contributed by atoms with E-state index in [0.717, 1.165) is 13.0 Å². The third-order valence-corrected chi connectivity index (χ3v) is 4.71. The zero-order valence-electron chi connectivity index (χ0n) is 14.5. The first-order chi connectivity index (χ1) is 11.1. The molecule has 1 fully saturated rings. The van der Waals surface area contributed by atoms with E-state index in [2.05, 4.69) is 74.3 Å². The Balaban J connectivity index is 1.74. The van der Waals surface area contributed by atoms with E-state index < -0.39 is 0 Å². The predicted molar refractivity (Wildman–Crippen MR) is 95.5 cm³/mol. The highest BCUT2D eigenvalue weighted by atomic mass is 16.5. The van der Waals surface area contributed by atoms with Crippen molar-refractivity contribution in [1.82, 2.24) is 4.90 Å². The van der Waals surface area contributed by atoms with E-state index >= 15 is 0 Å². The van der Waals surface area contributed by atoms with Crippen LogP contribution in [-0.2, 0) is 11.3 Å². The van der Waals surface area contributed by atoms with Crippen LogP contribution in [0.2, 0.25) is 0 Å². The Labute approximate surface area is 140 Å². The minimum atomic E-state index is 0.261. The number of ether oxygens (including phenoxy) is 1. The second-order valence-electron chi connectivity index (χ2n) is 6.82. The molecular weight excluding hydrogens is 282 g/mol. The van der Waals surface area contributed by atoms with Gasteiger partial charge in [0.1, 0.15) is 0 Å². The van der Waals surface area contributed by atoms with Gasteiger partial charge in [-0.3, -0.25) is 4.90 Å². The SMILES string of the molecule is Cc1cc(C)cc(CO[C@@H]2CCCN(C)[C@@H]2c2ccccc2)c1. The van der Waals surface area contributed by atoms with Gasteiger partial charge in [-0.2, -0.15) is 0 Å². The fourth-order valence-corrected chi connectivity index (χ4v) is 3.77. The molecule has 0 bridgehead atoms. The number of hydrogen-bond acceptors (Lipinski definition) is 2. The minimum Gasteiger partial charge on any atom is -0.372 e. The summed E-state index contributed by atoms with van der Waals surface area (Å²) in [4.78, 5) is 2.44. The first kappa shape index (κ1) is 16.2. The summed E-state index contributed by atoms with van der Waals surface area (Å²) >= 11 is 0. The molecule has 0 amide bonds. The lowest BCUT2D eigenvalue weighted by Gasteiger charge is -2.39. The second kappa shape index (κ2) is 7.29. The molecule has 3 rings (SSSR count). The van der Waals surface area contributed by atoms with E-state index in [4.69, 9.17) is 4.74 Å². The van der Waals surface area contributed by atoms with Gasteiger partial charge in [-0.05, 0) is 51.4 Å². The van der Waals surface area contributed by atoms with Crippen LogP contribution in [-0.4, -0.2) is 24.6 Å². The summed E-state index contributed by atoms with van der Waals surface area (Å²) in [6.45, 7) is 6.14. The summed E-state index contributed by atoms with van der Waals surface area (Å²) in [7, 11) is 2.21. The van der Waals surface area contributed by atoms with Gasteiger partial charge in [-0.1, -0.05) is 59.7 Å². The van der Waals surface area contributed by atoms with Gasteiger partial charge in [0.25, 0.3) is 0 Å². The average Bonchev–Trinajstić information content (AvgIpc) is 2.53. The van der Waals surface area contributed by atoms with E-state index in [-0.39, 0.29) is 6.10 Å². The van der Waals surface area contributed by atoms with E-state index in [1.807, 2.05) is 0 Å². The maximum Gasteiger partial charge on any atom is 0.0776 e. The topological polar surface area (TPSA) is 12.5 Å². The molecule has 0 spiro atoms. The number of rotatable bonds is 4. The molecule has 2 heteroatoms. The Bertz CT molecular complexity index is 617. The zero-order valence-corrected chi connectivity index (χ0v) is 14.5. The standard InChI is InChI=1S/C21H27NO/c1-16-12-17(2)14-18(13-16)15-23-20-10-7-11-22(3)21(20)19-8-5-4-6-9-19/h4-6,8-9,12-14,20-21H,7,10-11,15H2,1-3H3/t20-,21-/m1/s1. The molecular formula is C21H27NO. The number of likely N-dealkylation sites (N-methyl/N-ethyl adjacent to an activating group) is 1. The van der Waals surface area contributed by atoms with Crippen LogP contribution in [0, 0.1) is 13.8 Å². The lowest BCUT2D eigenvalue weighted by molar-refractivity contribution is -0.0445. The molecule has 0 radical (unpaired) electrons. The van der Waals surface area contributed by atoms with E-state index in [1.54, 1.807) is 0 Å². The van der Waals surface area contributed by atoms with Gasteiger partial charge in [0.15, 0.2) is 0 Å². The summed E-state index contributed by atoms with van der Waals surface area (Å²) in [6, 6.07) is 17.8. The molecule has 122 valence electrons. The van der Waals surface area contributed by atoms with Crippen LogP contribution in [0.5, 0.6) is 0 Å². The minimum absolute atomic E-state index is 0.261. The summed E-state index contributed by atoms with van der Waals surface area (Å²) in [5, 5.41) is 0. The summed E-state index contributed by atoms with van der Waals surface area (Å²) in [5.74, 6) is 0. The first-order valence-corrected chi connectivity index (χ1v) is 8.57. The third-order valence-electron chi connectivity index (χ3n) is 4.71. The van der Waals surface area contributed by atoms with Crippen LogP contribution >= 0.6 is 0 Å². The summed E-state index contributed by atoms with van der Waals surface area (Å²) < 4.78 is 6.37. The maximum atomic E-state index is 6.37. The van der Waals surface area contributed by atoms with Crippen molar-refractivity contribution in [3.05, 3.63) is 70.8 Å². The van der Waals surface area contributed by atoms with Gasteiger partial charge < -0.3 is 4.74 Å². The van der Waals surface area contributed by atoms with Crippen molar-refractivity contribution in [3.63, 3.8) is 0 Å². The molecule has 1 aliphatic rings. The Hall–Kier alpha value is -1.64. The van der Waals surface area contributed by atoms with Crippen LogP contribution < -0.4 is 0 Å². The third kappa shape index (κ3) is 4.01. The van der Waals surface area contributed by atoms with Crippen molar-refractivity contribution in [1.29, 1.82) is 0 Å². The molecule has 0 unspecified atom stereocenters. The van der Waals surface area contributed by atoms with Crippen LogP contribution in [0.25, 0.3) is 0 Å². The number of nitrogens with zero attached hydrogens (tertiary/aromatic N) is 1. The lowest BCUT2D eigenvalue weighted by Crippen LogP contribution is -2.40. The molecule has 1 heterocycles. The van der Waals surface area contributed by atoms with Gasteiger partial charge in [-0.15, -0.1) is 0 Å². The smallest absolute Gasteiger partial charge is 0.0776 e. The maximum absolute atomic E-state index is 6.37. The molecule has 23 heavy (non-hydrogen) atoms. The fraction of sp³-hybridized carbons (Fsp3) is 0.429. The van der Waals surface area contributed by atoms with Crippen molar-refractivity contribution < 1.29 is 4.74 Å². The molecule has 2 aromatic carbocycles. The Kier molecular flexibility index (Phi) is 5.14. The van der Waals surface area contributed by atoms with E-state index in [9.17, 15) is 0 Å². The molecule has 0 N–H and O–H groups in total. The van der Waals surface area contributed by atoms with Crippen molar-refractivity contribution in [3.8, 4) is 0 Å². The van der Waals surface area contributed by atoms with Gasteiger partial charge in [0, 0.05) is 0 Å². The molecule has 2 aromatic rings. The number of hydrogen-bond donors (Lipinski definition) is 0. The van der Waals surface area contributed by atoms with Crippen LogP contribution in [0.15, 0.2) is 48.5 Å². The Morgan fingerprint density at radius 2 is 1.74 bits per heavy atom. The quantitative estimate of drug-likeness (QED) is 0.814. The predicted octanol–water partition coefficient (Wildman–Crippen LogP) is 4.66. The van der Waals surface area contributed by atoms with Gasteiger partial charge >= 0.3 is 0 Å². The van der Waals surface area contributed by atoms with Crippen LogP contribution in [0.4, 0.5) is 0 Å². The van der Waals surface area contributed by atoms with Crippen LogP contribution in [0.3, 0.4) is 0 Å². The number of benzene rings is 2. The lowest BCUT2D eigenvalue weighted by atomic mass is 9.93. The monoisotopic (exact) mass is 309 g/mol. The molecule has 1 aliphatic heterocycles. The second-order valence-corrected chi connectivity index (χ2v) is 6.82. The number of aryl methyl sites for hydroxylation is 2. The van der Waals surface area contributed by atoms with E-state index in [1.165, 1.54) is 28.7 Å². The molecule has 0 saturated carbocycles. The van der Waals surface area contributed by atoms with Crippen LogP contribution in [0.1, 0.15) is 41.1 Å². The van der Waals surface area contributed by atoms with Crippen molar-refractivity contribution in [2.75, 3.05) is 13.6 Å². The molecule has 0 aromatic heterocycles. The van der Waals surface area contributed by atoms with Crippen molar-refractivity contribution in [2.45, 2.75) is 45.4 Å². The number of piperidine rings is 1. The Morgan fingerprint density at radius 3 is 2.43 bits per heavy atom. The first-order valence-electron chi connectivity index (χ1n) is 8.57. The van der Waals surface area contributed by atoms with Gasteiger partial charge in [-0.25, -0.2) is 0 Å². The normalized spacial score (nSPS) is 22.2. The van der Waals surface area contributed by atoms with Crippen molar-refractivity contribution in [2.24, 2.45) is 0 Å². The molecule has 2 atom stereocenters. The molecule has 2 nitrogen and oxygen atoms in total. The Morgan fingerprint density at radius 1 is 1.04 bits per heavy atom. The molecule has 1 saturated heterocycles. The zero-order chi connectivity index (χ0) is 16.2. The molecule has 0 aliphatic carbocycles. The largest absolute Gasteiger partial charge is 0.372 e. The van der Waals surface area contributed by atoms with Gasteiger partial charge in [0.2, 0.25) is 0 Å².